The van der Waals surface area contributed by atoms with Gasteiger partial charge in [-0.3, -0.25) is 4.90 Å². The lowest BCUT2D eigenvalue weighted by molar-refractivity contribution is 0.0252. The van der Waals surface area contributed by atoms with E-state index in [1.165, 1.54) is 51.6 Å². The molecule has 0 spiro atoms. The highest BCUT2D eigenvalue weighted by molar-refractivity contribution is 4.97. The van der Waals surface area contributed by atoms with Crippen molar-refractivity contribution in [3.8, 4) is 0 Å². The fourth-order valence-electron chi connectivity index (χ4n) is 3.68. The van der Waals surface area contributed by atoms with Gasteiger partial charge >= 0.3 is 0 Å². The van der Waals surface area contributed by atoms with E-state index in [9.17, 15) is 0 Å². The molecule has 0 saturated heterocycles. The summed E-state index contributed by atoms with van der Waals surface area (Å²) in [6.45, 7) is 12.6. The number of nitrogens with zero attached hydrogens (tertiary/aromatic N) is 1. The molecule has 2 atom stereocenters. The molecular formula is C16H34N2. The lowest BCUT2D eigenvalue weighted by Crippen LogP contribution is -2.57. The Hall–Kier alpha value is -0.0800. The highest BCUT2D eigenvalue weighted by atomic mass is 15.2. The molecule has 0 bridgehead atoms. The molecule has 0 heterocycles. The van der Waals surface area contributed by atoms with Crippen molar-refractivity contribution in [3.05, 3.63) is 0 Å². The van der Waals surface area contributed by atoms with Crippen LogP contribution in [0.2, 0.25) is 0 Å². The highest BCUT2D eigenvalue weighted by Gasteiger charge is 2.40. The van der Waals surface area contributed by atoms with Crippen LogP contribution >= 0.6 is 0 Å². The van der Waals surface area contributed by atoms with Crippen LogP contribution in [-0.4, -0.2) is 30.1 Å². The molecule has 18 heavy (non-hydrogen) atoms. The Labute approximate surface area is 114 Å². The van der Waals surface area contributed by atoms with E-state index < -0.39 is 0 Å². The Morgan fingerprint density at radius 2 is 1.83 bits per heavy atom. The molecule has 1 fully saturated rings. The molecule has 1 saturated carbocycles. The summed E-state index contributed by atoms with van der Waals surface area (Å²) < 4.78 is 0. The molecule has 1 aliphatic rings. The Balaban J connectivity index is 2.80. The Morgan fingerprint density at radius 3 is 2.28 bits per heavy atom. The zero-order valence-corrected chi connectivity index (χ0v) is 13.0. The van der Waals surface area contributed by atoms with Crippen molar-refractivity contribution < 1.29 is 0 Å². The first-order valence-corrected chi connectivity index (χ1v) is 8.04. The van der Waals surface area contributed by atoms with E-state index in [1.54, 1.807) is 0 Å². The third-order valence-electron chi connectivity index (χ3n) is 4.84. The normalized spacial score (nSPS) is 29.2. The van der Waals surface area contributed by atoms with Crippen LogP contribution in [0.25, 0.3) is 0 Å². The van der Waals surface area contributed by atoms with Crippen LogP contribution in [-0.2, 0) is 0 Å². The topological polar surface area (TPSA) is 29.3 Å². The van der Waals surface area contributed by atoms with E-state index in [4.69, 9.17) is 5.73 Å². The summed E-state index contributed by atoms with van der Waals surface area (Å²) in [6.07, 6.45) is 7.89. The van der Waals surface area contributed by atoms with E-state index in [0.29, 0.717) is 5.54 Å². The predicted octanol–water partition coefficient (Wildman–Crippen LogP) is 3.65. The molecule has 2 nitrogen and oxygen atoms in total. The van der Waals surface area contributed by atoms with Crippen molar-refractivity contribution in [2.75, 3.05) is 19.6 Å². The molecule has 0 aromatic carbocycles. The molecule has 2 N–H and O–H groups in total. The summed E-state index contributed by atoms with van der Waals surface area (Å²) >= 11 is 0. The van der Waals surface area contributed by atoms with E-state index >= 15 is 0 Å². The van der Waals surface area contributed by atoms with Crippen LogP contribution in [0.15, 0.2) is 0 Å². The number of rotatable bonds is 7. The Morgan fingerprint density at radius 1 is 1.22 bits per heavy atom. The van der Waals surface area contributed by atoms with Crippen LogP contribution in [0.5, 0.6) is 0 Å². The summed E-state index contributed by atoms with van der Waals surface area (Å²) in [5.41, 5.74) is 6.53. The summed E-state index contributed by atoms with van der Waals surface area (Å²) in [6, 6.07) is 0. The Bertz CT molecular complexity index is 221. The molecule has 0 aliphatic heterocycles. The summed E-state index contributed by atoms with van der Waals surface area (Å²) in [4.78, 5) is 2.71. The van der Waals surface area contributed by atoms with Crippen molar-refractivity contribution in [2.45, 2.75) is 71.8 Å². The lowest BCUT2D eigenvalue weighted by Gasteiger charge is -2.49. The molecule has 0 aromatic heterocycles. The minimum Gasteiger partial charge on any atom is -0.329 e. The van der Waals surface area contributed by atoms with Crippen LogP contribution in [0, 0.1) is 11.8 Å². The van der Waals surface area contributed by atoms with Crippen molar-refractivity contribution in [3.63, 3.8) is 0 Å². The monoisotopic (exact) mass is 254 g/mol. The van der Waals surface area contributed by atoms with Crippen LogP contribution < -0.4 is 5.73 Å². The second-order valence-corrected chi connectivity index (χ2v) is 6.52. The number of hydrogen-bond donors (Lipinski definition) is 1. The number of hydrogen-bond acceptors (Lipinski definition) is 2. The highest BCUT2D eigenvalue weighted by Crippen LogP contribution is 2.39. The average Bonchev–Trinajstić information content (AvgIpc) is 2.38. The van der Waals surface area contributed by atoms with Gasteiger partial charge in [0.2, 0.25) is 0 Å². The molecule has 2 unspecified atom stereocenters. The van der Waals surface area contributed by atoms with E-state index in [2.05, 4.69) is 32.6 Å². The van der Waals surface area contributed by atoms with Crippen LogP contribution in [0.4, 0.5) is 0 Å². The van der Waals surface area contributed by atoms with E-state index in [-0.39, 0.29) is 0 Å². The first-order valence-electron chi connectivity index (χ1n) is 8.04. The fraction of sp³-hybridized carbons (Fsp3) is 1.00. The van der Waals surface area contributed by atoms with Crippen molar-refractivity contribution >= 4 is 0 Å². The van der Waals surface area contributed by atoms with E-state index in [1.807, 2.05) is 0 Å². The molecule has 0 radical (unpaired) electrons. The van der Waals surface area contributed by atoms with Gasteiger partial charge in [0, 0.05) is 12.1 Å². The maximum atomic E-state index is 6.22. The van der Waals surface area contributed by atoms with Gasteiger partial charge in [0.05, 0.1) is 0 Å². The third kappa shape index (κ3) is 3.71. The van der Waals surface area contributed by atoms with Gasteiger partial charge in [0.15, 0.2) is 0 Å². The summed E-state index contributed by atoms with van der Waals surface area (Å²) in [5.74, 6) is 1.68. The second-order valence-electron chi connectivity index (χ2n) is 6.52. The van der Waals surface area contributed by atoms with Gasteiger partial charge in [-0.05, 0) is 50.6 Å². The molecule has 1 rings (SSSR count). The average molecular weight is 254 g/mol. The van der Waals surface area contributed by atoms with Crippen molar-refractivity contribution in [2.24, 2.45) is 17.6 Å². The van der Waals surface area contributed by atoms with E-state index in [0.717, 1.165) is 18.4 Å². The van der Waals surface area contributed by atoms with Crippen LogP contribution in [0.3, 0.4) is 0 Å². The smallest absolute Gasteiger partial charge is 0.0334 e. The zero-order chi connectivity index (χ0) is 13.6. The SMILES string of the molecule is CCCN(CCC)C1(CN)CCCC(C(C)C)C1. The molecule has 0 aromatic rings. The molecule has 1 aliphatic carbocycles. The van der Waals surface area contributed by atoms with Gasteiger partial charge in [-0.15, -0.1) is 0 Å². The maximum Gasteiger partial charge on any atom is 0.0334 e. The fourth-order valence-corrected chi connectivity index (χ4v) is 3.68. The predicted molar refractivity (Wildman–Crippen MR) is 80.7 cm³/mol. The Kier molecular flexibility index (Phi) is 6.65. The summed E-state index contributed by atoms with van der Waals surface area (Å²) in [7, 11) is 0. The first-order chi connectivity index (χ1) is 8.59. The largest absolute Gasteiger partial charge is 0.329 e. The first kappa shape index (κ1) is 16.0. The lowest BCUT2D eigenvalue weighted by atomic mass is 9.70. The van der Waals surface area contributed by atoms with Gasteiger partial charge in [-0.2, -0.15) is 0 Å². The molecular weight excluding hydrogens is 220 g/mol. The third-order valence-corrected chi connectivity index (χ3v) is 4.84. The van der Waals surface area contributed by atoms with Gasteiger partial charge in [-0.25, -0.2) is 0 Å². The van der Waals surface area contributed by atoms with Gasteiger partial charge in [0.25, 0.3) is 0 Å². The van der Waals surface area contributed by atoms with Crippen molar-refractivity contribution in [1.29, 1.82) is 0 Å². The van der Waals surface area contributed by atoms with Gasteiger partial charge in [0.1, 0.15) is 0 Å². The van der Waals surface area contributed by atoms with Gasteiger partial charge < -0.3 is 5.73 Å². The standard InChI is InChI=1S/C16H34N2/c1-5-10-18(11-6-2)16(13-17)9-7-8-15(12-16)14(3)4/h14-15H,5-13,17H2,1-4H3. The summed E-state index contributed by atoms with van der Waals surface area (Å²) in [5, 5.41) is 0. The molecule has 2 heteroatoms. The van der Waals surface area contributed by atoms with Crippen LogP contribution in [0.1, 0.15) is 66.2 Å². The minimum absolute atomic E-state index is 0.305. The zero-order valence-electron chi connectivity index (χ0n) is 13.0. The van der Waals surface area contributed by atoms with Crippen molar-refractivity contribution in [1.82, 2.24) is 4.90 Å². The second kappa shape index (κ2) is 7.49. The quantitative estimate of drug-likeness (QED) is 0.751. The number of nitrogens with two attached hydrogens (primary N) is 1. The molecule has 108 valence electrons. The van der Waals surface area contributed by atoms with Gasteiger partial charge in [-0.1, -0.05) is 40.5 Å². The minimum atomic E-state index is 0.305. The maximum absolute atomic E-state index is 6.22. The molecule has 0 amide bonds.